The Kier molecular flexibility index (Phi) is 7.98. The summed E-state index contributed by atoms with van der Waals surface area (Å²) >= 11 is 0. The number of nitrogens with two attached hydrogens (primary N) is 1. The third-order valence-electron chi connectivity index (χ3n) is 8.43. The Morgan fingerprint density at radius 2 is 1.88 bits per heavy atom. The summed E-state index contributed by atoms with van der Waals surface area (Å²) in [6.45, 7) is 14.3. The Labute approximate surface area is 200 Å². The zero-order valence-corrected chi connectivity index (χ0v) is 21.4. The first-order chi connectivity index (χ1) is 15.7. The van der Waals surface area contributed by atoms with Gasteiger partial charge in [-0.05, 0) is 18.3 Å². The van der Waals surface area contributed by atoms with Crippen molar-refractivity contribution in [3.8, 4) is 0 Å². The van der Waals surface area contributed by atoms with E-state index in [0.29, 0.717) is 37.1 Å². The van der Waals surface area contributed by atoms with Crippen molar-refractivity contribution in [2.45, 2.75) is 83.6 Å². The maximum atomic E-state index is 13.0. The summed E-state index contributed by atoms with van der Waals surface area (Å²) in [6.07, 6.45) is 7.09. The van der Waals surface area contributed by atoms with Crippen molar-refractivity contribution in [1.82, 2.24) is 20.0 Å². The van der Waals surface area contributed by atoms with Gasteiger partial charge < -0.3 is 20.4 Å². The quantitative estimate of drug-likeness (QED) is 0.462. The van der Waals surface area contributed by atoms with E-state index < -0.39 is 0 Å². The van der Waals surface area contributed by atoms with E-state index in [0.717, 1.165) is 52.1 Å². The van der Waals surface area contributed by atoms with Gasteiger partial charge in [-0.15, -0.1) is 0 Å². The molecular weight excluding hydrogens is 416 g/mol. The van der Waals surface area contributed by atoms with Crippen LogP contribution >= 0.6 is 0 Å². The molecule has 2 amide bonds. The molecule has 0 spiro atoms. The molecule has 0 aromatic heterocycles. The Morgan fingerprint density at radius 1 is 1.12 bits per heavy atom. The molecule has 0 bridgehead atoms. The van der Waals surface area contributed by atoms with E-state index in [-0.39, 0.29) is 17.4 Å². The van der Waals surface area contributed by atoms with Gasteiger partial charge in [-0.25, -0.2) is 0 Å². The minimum absolute atomic E-state index is 0.0328. The van der Waals surface area contributed by atoms with Gasteiger partial charge in [0.25, 0.3) is 0 Å². The van der Waals surface area contributed by atoms with E-state index in [2.05, 4.69) is 53.2 Å². The van der Waals surface area contributed by atoms with Crippen molar-refractivity contribution in [1.29, 1.82) is 0 Å². The number of nitrogens with one attached hydrogen (secondary N) is 2. The number of rotatable bonds is 5. The summed E-state index contributed by atoms with van der Waals surface area (Å²) < 4.78 is 0. The van der Waals surface area contributed by atoms with Crippen LogP contribution in [-0.2, 0) is 9.59 Å². The highest BCUT2D eigenvalue weighted by Crippen LogP contribution is 2.24. The van der Waals surface area contributed by atoms with Gasteiger partial charge in [0.2, 0.25) is 11.8 Å². The fourth-order valence-corrected chi connectivity index (χ4v) is 6.61. The average Bonchev–Trinajstić information content (AvgIpc) is 3.15. The number of amides is 2. The average molecular weight is 465 g/mol. The van der Waals surface area contributed by atoms with E-state index in [1.165, 1.54) is 30.7 Å². The van der Waals surface area contributed by atoms with Crippen molar-refractivity contribution in [2.24, 2.45) is 5.41 Å². The van der Waals surface area contributed by atoms with Crippen LogP contribution < -0.4 is 15.5 Å². The third kappa shape index (κ3) is 6.08. The normalized spacial score (nSPS) is 34.6. The molecule has 0 aromatic carbocycles. The van der Waals surface area contributed by atoms with E-state index in [1.54, 1.807) is 0 Å². The number of likely N-dealkylation sites (N-methyl/N-ethyl adjacent to an activating group) is 1. The first-order valence-electron chi connectivity index (χ1n) is 13.4. The molecule has 0 radical (unpaired) electrons. The van der Waals surface area contributed by atoms with Gasteiger partial charge in [0.1, 0.15) is 24.3 Å². The lowest BCUT2D eigenvalue weighted by Crippen LogP contribution is -3.18. The molecule has 8 nitrogen and oxygen atoms in total. The summed E-state index contributed by atoms with van der Waals surface area (Å²) in [7, 11) is 2.24. The number of carbonyl (C=O) groups excluding carboxylic acids is 2. The molecular formula is C25H48N6O2+2. The van der Waals surface area contributed by atoms with Crippen LogP contribution in [0.3, 0.4) is 0 Å². The zero-order chi connectivity index (χ0) is 23.6. The maximum absolute atomic E-state index is 13.0. The monoisotopic (exact) mass is 464 g/mol. The lowest BCUT2D eigenvalue weighted by Gasteiger charge is -2.39. The molecule has 188 valence electrons. The highest BCUT2D eigenvalue weighted by atomic mass is 16.2. The first kappa shape index (κ1) is 24.9. The molecule has 8 heteroatoms. The second kappa shape index (κ2) is 10.6. The standard InChI is InChI=1S/C25H46N6O2/c1-25(2,3)18-31-12-10-20-23(31)24(33)27-17-19(28(20)4)8-9-22(32)30-15-13-29(14-16-30)21-7-5-6-11-26-21/h19-21,23,26H,5-18H2,1-4H3,(H,27,33)/p+2. The molecule has 4 fully saturated rings. The third-order valence-corrected chi connectivity index (χ3v) is 8.43. The minimum atomic E-state index is -0.0328. The van der Waals surface area contributed by atoms with Gasteiger partial charge in [-0.2, -0.15) is 0 Å². The Hall–Kier alpha value is -1.22. The Bertz CT molecular complexity index is 681. The Morgan fingerprint density at radius 3 is 2.55 bits per heavy atom. The summed E-state index contributed by atoms with van der Waals surface area (Å²) in [6, 6.07) is 0.598. The molecule has 4 aliphatic rings. The number of hydrogen-bond acceptors (Lipinski definition) is 4. The lowest BCUT2D eigenvalue weighted by atomic mass is 9.95. The van der Waals surface area contributed by atoms with Gasteiger partial charge in [0, 0.05) is 65.0 Å². The molecule has 4 heterocycles. The van der Waals surface area contributed by atoms with Crippen molar-refractivity contribution >= 4 is 11.8 Å². The van der Waals surface area contributed by atoms with Crippen LogP contribution in [0.2, 0.25) is 0 Å². The summed E-state index contributed by atoms with van der Waals surface area (Å²) in [5, 5.41) is 5.71. The van der Waals surface area contributed by atoms with Crippen molar-refractivity contribution < 1.29 is 19.8 Å². The van der Waals surface area contributed by atoms with Crippen LogP contribution in [-0.4, -0.2) is 110 Å². The smallest absolute Gasteiger partial charge is 0.243 e. The van der Waals surface area contributed by atoms with Gasteiger partial charge in [0.15, 0.2) is 0 Å². The fraction of sp³-hybridized carbons (Fsp3) is 0.920. The number of piperidine rings is 1. The number of quaternary nitrogens is 2. The SMILES string of the molecule is C[NH+]1C(CCC(=O)N2CCN(C3CCCC[NH2+]3)CC2)CNC(=O)C2C1CCN2CC(C)(C)C. The van der Waals surface area contributed by atoms with E-state index in [9.17, 15) is 9.59 Å². The van der Waals surface area contributed by atoms with Gasteiger partial charge in [-0.1, -0.05) is 20.8 Å². The van der Waals surface area contributed by atoms with E-state index in [4.69, 9.17) is 0 Å². The predicted octanol–water partition coefficient (Wildman–Crippen LogP) is -1.51. The molecule has 4 rings (SSSR count). The van der Waals surface area contributed by atoms with Crippen LogP contribution in [0.4, 0.5) is 0 Å². The summed E-state index contributed by atoms with van der Waals surface area (Å²) in [5.41, 5.74) is 0.181. The summed E-state index contributed by atoms with van der Waals surface area (Å²) in [4.78, 5) is 34.5. The molecule has 5 unspecified atom stereocenters. The van der Waals surface area contributed by atoms with Crippen LogP contribution in [0.25, 0.3) is 0 Å². The number of carbonyl (C=O) groups is 2. The summed E-state index contributed by atoms with van der Waals surface area (Å²) in [5.74, 6) is 0.480. The van der Waals surface area contributed by atoms with Crippen LogP contribution in [0.5, 0.6) is 0 Å². The highest BCUT2D eigenvalue weighted by Gasteiger charge is 2.48. The number of fused-ring (bicyclic) bond motifs is 1. The first-order valence-corrected chi connectivity index (χ1v) is 13.4. The number of likely N-dealkylation sites (tertiary alicyclic amines) is 1. The fourth-order valence-electron chi connectivity index (χ4n) is 6.61. The molecule has 4 saturated heterocycles. The van der Waals surface area contributed by atoms with Crippen molar-refractivity contribution in [2.75, 3.05) is 59.4 Å². The van der Waals surface area contributed by atoms with Gasteiger partial charge >= 0.3 is 0 Å². The Balaban J connectivity index is 1.26. The van der Waals surface area contributed by atoms with Gasteiger partial charge in [-0.3, -0.25) is 19.4 Å². The van der Waals surface area contributed by atoms with Crippen LogP contribution in [0, 0.1) is 5.41 Å². The number of piperazine rings is 1. The molecule has 33 heavy (non-hydrogen) atoms. The van der Waals surface area contributed by atoms with Gasteiger partial charge in [0.05, 0.1) is 20.1 Å². The van der Waals surface area contributed by atoms with Crippen molar-refractivity contribution in [3.63, 3.8) is 0 Å². The molecule has 0 saturated carbocycles. The zero-order valence-electron chi connectivity index (χ0n) is 21.4. The molecule has 4 N–H and O–H groups in total. The van der Waals surface area contributed by atoms with E-state index in [1.807, 2.05) is 0 Å². The molecule has 0 aromatic rings. The number of nitrogens with zero attached hydrogens (tertiary/aromatic N) is 3. The topological polar surface area (TPSA) is 76.9 Å². The lowest BCUT2D eigenvalue weighted by molar-refractivity contribution is -0.928. The van der Waals surface area contributed by atoms with Crippen molar-refractivity contribution in [3.05, 3.63) is 0 Å². The van der Waals surface area contributed by atoms with E-state index >= 15 is 0 Å². The molecule has 4 aliphatic heterocycles. The molecule has 5 atom stereocenters. The van der Waals surface area contributed by atoms with Crippen LogP contribution in [0.15, 0.2) is 0 Å². The maximum Gasteiger partial charge on any atom is 0.243 e. The highest BCUT2D eigenvalue weighted by molar-refractivity contribution is 5.83. The minimum Gasteiger partial charge on any atom is -0.349 e. The van der Waals surface area contributed by atoms with Crippen LogP contribution in [0.1, 0.15) is 59.3 Å². The molecule has 0 aliphatic carbocycles. The number of hydrogen-bond donors (Lipinski definition) is 3. The second-order valence-electron chi connectivity index (χ2n) is 12.1. The predicted molar refractivity (Wildman–Crippen MR) is 129 cm³/mol. The second-order valence-corrected chi connectivity index (χ2v) is 12.1. The largest absolute Gasteiger partial charge is 0.349 e.